The van der Waals surface area contributed by atoms with Gasteiger partial charge in [0.1, 0.15) is 23.3 Å². The Labute approximate surface area is 423 Å². The van der Waals surface area contributed by atoms with E-state index in [1.54, 1.807) is 0 Å². The number of hydrogen-bond donors (Lipinski definition) is 0. The third kappa shape index (κ3) is 8.70. The van der Waals surface area contributed by atoms with Crippen LogP contribution in [0.3, 0.4) is 0 Å². The Hall–Kier alpha value is -6.63. The number of rotatable bonds is 9. The molecule has 0 fully saturated rings. The molecule has 0 saturated heterocycles. The molecule has 0 aliphatic carbocycles. The van der Waals surface area contributed by atoms with E-state index in [9.17, 15) is 4.39 Å². The van der Waals surface area contributed by atoms with E-state index in [0.29, 0.717) is 17.1 Å². The van der Waals surface area contributed by atoms with Crippen LogP contribution in [0.15, 0.2) is 128 Å². The first-order valence-electron chi connectivity index (χ1n) is 23.6. The fourth-order valence-electron chi connectivity index (χ4n) is 10.1. The van der Waals surface area contributed by atoms with Crippen LogP contribution in [0.25, 0.3) is 49.9 Å². The van der Waals surface area contributed by atoms with Crippen molar-refractivity contribution in [1.29, 1.82) is 0 Å². The Morgan fingerprint density at radius 1 is 0.629 bits per heavy atom. The number of ether oxygens (including phenoxy) is 1. The number of anilines is 4. The van der Waals surface area contributed by atoms with Gasteiger partial charge in [-0.1, -0.05) is 102 Å². The molecule has 70 heavy (non-hydrogen) atoms. The molecule has 2 aromatic heterocycles. The number of para-hydroxylation sites is 3. The van der Waals surface area contributed by atoms with Gasteiger partial charge in [-0.3, -0.25) is 0 Å². The number of fused-ring (bicyclic) bond motifs is 4. The predicted molar refractivity (Wildman–Crippen MR) is 276 cm³/mol. The summed E-state index contributed by atoms with van der Waals surface area (Å²) < 4.78 is 54.1. The van der Waals surface area contributed by atoms with Crippen molar-refractivity contribution in [3.05, 3.63) is 197 Å². The predicted octanol–water partition coefficient (Wildman–Crippen LogP) is 17.2. The van der Waals surface area contributed by atoms with Crippen LogP contribution in [0.5, 0.6) is 11.5 Å². The van der Waals surface area contributed by atoms with Crippen LogP contribution in [0.1, 0.15) is 93.7 Å². The van der Waals surface area contributed by atoms with Gasteiger partial charge in [-0.2, -0.15) is 6.07 Å². The molecule has 3 heterocycles. The summed E-state index contributed by atoms with van der Waals surface area (Å²) in [4.78, 5) is 9.18. The van der Waals surface area contributed by atoms with Crippen molar-refractivity contribution in [2.24, 2.45) is 0 Å². The Morgan fingerprint density at radius 2 is 1.24 bits per heavy atom. The van der Waals surface area contributed by atoms with Crippen molar-refractivity contribution >= 4 is 44.6 Å². The number of aryl methyl sites for hydroxylation is 3. The molecule has 0 saturated carbocycles. The molecule has 9 aromatic rings. The Morgan fingerprint density at radius 3 is 1.89 bits per heavy atom. The van der Waals surface area contributed by atoms with E-state index in [-0.39, 0.29) is 43.9 Å². The van der Waals surface area contributed by atoms with Gasteiger partial charge < -0.3 is 19.1 Å². The number of nitrogens with zero attached hydrogens (tertiary/aromatic N) is 4. The maximum atomic E-state index is 15.4. The second-order valence-corrected chi connectivity index (χ2v) is 20.0. The molecule has 5 nitrogen and oxygen atoms in total. The molecular formula is C61H54F3N4OPt-3. The molecule has 0 radical (unpaired) electrons. The Balaban J connectivity index is 0.00000608. The van der Waals surface area contributed by atoms with Crippen LogP contribution in [0, 0.1) is 57.0 Å². The monoisotopic (exact) mass is 1110 g/mol. The second-order valence-electron chi connectivity index (χ2n) is 20.0. The SMILES string of the molecule is Cc1cc(C)c(-c2cc(Oc3[c-]c4c(cc3)c3ccccc3n4-c3cc(C(C)(C)C)ccn3)[c-]c(N3[CH-]N(c4c(C(C)C)cc(-c5c(F)cc(F)cc5F)cc4C(C)C)c4ccccc43)c2)c(C)c1.[Pt]. The van der Waals surface area contributed by atoms with Crippen LogP contribution in [0.4, 0.5) is 35.9 Å². The van der Waals surface area contributed by atoms with E-state index in [4.69, 9.17) is 9.72 Å². The zero-order chi connectivity index (χ0) is 48.6. The van der Waals surface area contributed by atoms with Gasteiger partial charge >= 0.3 is 0 Å². The molecule has 0 atom stereocenters. The molecule has 0 amide bonds. The molecule has 0 unspecified atom stereocenters. The minimum atomic E-state index is -0.956. The van der Waals surface area contributed by atoms with Crippen molar-refractivity contribution in [3.63, 3.8) is 0 Å². The number of hydrogen-bond acceptors (Lipinski definition) is 4. The van der Waals surface area contributed by atoms with Crippen molar-refractivity contribution in [2.75, 3.05) is 9.80 Å². The molecule has 9 heteroatoms. The maximum absolute atomic E-state index is 15.4. The minimum Gasteiger partial charge on any atom is -0.509 e. The van der Waals surface area contributed by atoms with Crippen LogP contribution < -0.4 is 14.5 Å². The molecule has 10 rings (SSSR count). The summed E-state index contributed by atoms with van der Waals surface area (Å²) in [5, 5.41) is 2.13. The van der Waals surface area contributed by atoms with Crippen LogP contribution in [-0.4, -0.2) is 9.55 Å². The van der Waals surface area contributed by atoms with Gasteiger partial charge in [0.15, 0.2) is 0 Å². The third-order valence-electron chi connectivity index (χ3n) is 13.3. The topological polar surface area (TPSA) is 33.5 Å². The van der Waals surface area contributed by atoms with Crippen molar-refractivity contribution in [3.8, 4) is 39.6 Å². The zero-order valence-electron chi connectivity index (χ0n) is 41.0. The standard InChI is InChI=1S/C61H54F3N4O.Pt/c1-35(2)49-27-41(59-51(63)30-43(62)31-52(59)64)28-50(36(3)4)60(49)67-34-66(54-17-13-14-18-55(54)67)44-25-40(58-38(6)23-37(5)24-39(58)7)26-46(32-44)69-45-19-20-48-47-15-11-12-16-53(47)68(56(48)33-45)57-29-42(21-22-65-57)61(8,9)10;/h11-31,34-36H,1-10H3;/q-3;. The van der Waals surface area contributed by atoms with E-state index in [2.05, 4.69) is 175 Å². The zero-order valence-corrected chi connectivity index (χ0v) is 43.3. The quantitative estimate of drug-likeness (QED) is 0.135. The normalized spacial score (nSPS) is 12.7. The Bertz CT molecular complexity index is 3420. The minimum absolute atomic E-state index is 0. The summed E-state index contributed by atoms with van der Waals surface area (Å²) in [7, 11) is 0. The van der Waals surface area contributed by atoms with Crippen molar-refractivity contribution in [2.45, 2.75) is 86.5 Å². The first-order chi connectivity index (χ1) is 32.9. The molecule has 1 aliphatic rings. The first kappa shape index (κ1) is 48.4. The second kappa shape index (κ2) is 18.6. The molecule has 358 valence electrons. The van der Waals surface area contributed by atoms with Gasteiger partial charge in [-0.05, 0) is 125 Å². The molecule has 1 aliphatic heterocycles. The van der Waals surface area contributed by atoms with Gasteiger partial charge in [0.2, 0.25) is 0 Å². The number of aromatic nitrogens is 2. The average Bonchev–Trinajstić information content (AvgIpc) is 3.84. The molecule has 0 spiro atoms. The number of benzene rings is 7. The van der Waals surface area contributed by atoms with Gasteiger partial charge in [-0.15, -0.1) is 53.6 Å². The van der Waals surface area contributed by atoms with E-state index in [0.717, 1.165) is 95.9 Å². The van der Waals surface area contributed by atoms with Gasteiger partial charge in [-0.25, -0.2) is 18.2 Å². The van der Waals surface area contributed by atoms with Gasteiger partial charge in [0, 0.05) is 73.5 Å². The Kier molecular flexibility index (Phi) is 12.9. The average molecular weight is 1110 g/mol. The molecule has 0 bridgehead atoms. The van der Waals surface area contributed by atoms with Gasteiger partial charge in [0.05, 0.1) is 5.56 Å². The summed E-state index contributed by atoms with van der Waals surface area (Å²) in [5.41, 5.74) is 13.9. The summed E-state index contributed by atoms with van der Waals surface area (Å²) in [6, 6.07) is 45.9. The van der Waals surface area contributed by atoms with E-state index >= 15 is 8.78 Å². The largest absolute Gasteiger partial charge is 0.509 e. The van der Waals surface area contributed by atoms with Crippen LogP contribution in [0.2, 0.25) is 0 Å². The van der Waals surface area contributed by atoms with Crippen LogP contribution in [-0.2, 0) is 26.5 Å². The molecule has 7 aromatic carbocycles. The first-order valence-corrected chi connectivity index (χ1v) is 23.6. The van der Waals surface area contributed by atoms with Gasteiger partial charge in [0.25, 0.3) is 0 Å². The fourth-order valence-corrected chi connectivity index (χ4v) is 10.1. The van der Waals surface area contributed by atoms with E-state index in [1.807, 2.05) is 42.6 Å². The molecule has 0 N–H and O–H groups in total. The number of pyridine rings is 1. The summed E-state index contributed by atoms with van der Waals surface area (Å²) in [5.74, 6) is -1.09. The fraction of sp³-hybridized carbons (Fsp3) is 0.213. The van der Waals surface area contributed by atoms with Crippen molar-refractivity contribution < 1.29 is 39.0 Å². The summed E-state index contributed by atoms with van der Waals surface area (Å²) >= 11 is 0. The maximum Gasteiger partial charge on any atom is 0.136 e. The molecular weight excluding hydrogens is 1060 g/mol. The van der Waals surface area contributed by atoms with E-state index < -0.39 is 17.5 Å². The third-order valence-corrected chi connectivity index (χ3v) is 13.3. The smallest absolute Gasteiger partial charge is 0.136 e. The summed E-state index contributed by atoms with van der Waals surface area (Å²) in [6.45, 7) is 23.4. The van der Waals surface area contributed by atoms with E-state index in [1.165, 1.54) is 11.1 Å². The van der Waals surface area contributed by atoms with Crippen molar-refractivity contribution in [1.82, 2.24) is 9.55 Å². The number of halogens is 3. The summed E-state index contributed by atoms with van der Waals surface area (Å²) in [6.07, 6.45) is 1.88. The van der Waals surface area contributed by atoms with Crippen LogP contribution >= 0.6 is 0 Å².